The third-order valence-electron chi connectivity index (χ3n) is 11.7. The number of allylic oxidation sites excluding steroid dienone is 2. The average molecular weight is 723 g/mol. The van der Waals surface area contributed by atoms with Gasteiger partial charge in [0.1, 0.15) is 0 Å². The summed E-state index contributed by atoms with van der Waals surface area (Å²) in [6.45, 7) is 0. The molecule has 2 heterocycles. The molecule has 0 radical (unpaired) electrons. The molecule has 2 atom stereocenters. The third kappa shape index (κ3) is 5.38. The Morgan fingerprint density at radius 3 is 2.16 bits per heavy atom. The van der Waals surface area contributed by atoms with Gasteiger partial charge in [-0.2, -0.15) is 0 Å². The lowest BCUT2D eigenvalue weighted by Gasteiger charge is -2.41. The van der Waals surface area contributed by atoms with Crippen LogP contribution in [0.5, 0.6) is 0 Å². The molecule has 262 valence electrons. The predicted molar refractivity (Wildman–Crippen MR) is 237 cm³/mol. The fraction of sp³-hybridized carbons (Fsp3) is 0.0769. The van der Waals surface area contributed by atoms with Crippen molar-refractivity contribution in [2.75, 3.05) is 4.90 Å². The lowest BCUT2D eigenvalue weighted by Crippen LogP contribution is -2.46. The van der Waals surface area contributed by atoms with Gasteiger partial charge in [0.05, 0.1) is 23.1 Å². The van der Waals surface area contributed by atoms with Crippen molar-refractivity contribution in [3.8, 4) is 16.8 Å². The summed E-state index contributed by atoms with van der Waals surface area (Å²) in [4.78, 5) is 2.69. The maximum absolute atomic E-state index is 2.69. The molecule has 2 nitrogen and oxygen atoms in total. The van der Waals surface area contributed by atoms with Gasteiger partial charge in [0.15, 0.2) is 0 Å². The van der Waals surface area contributed by atoms with E-state index in [2.05, 4.69) is 204 Å². The van der Waals surface area contributed by atoms with E-state index < -0.39 is 0 Å². The standard InChI is InChI=1S/C52H38N2S/c1-3-13-36(14-4-1)42-17-7-10-20-47(42)53(41-30-31-44-43-18-9-12-22-50(43)55-51(44)34-41)40-28-25-35(26-29-40)38-24-23-37-27-32-49-52(46(37)33-38)45-19-8-11-21-48(45)54(49)39-15-5-2-6-16-39/h1-19,21-29,31-34,41,47H,20,30H2. The van der Waals surface area contributed by atoms with Crippen molar-refractivity contribution in [1.82, 2.24) is 4.57 Å². The van der Waals surface area contributed by atoms with Crippen LogP contribution in [0.4, 0.5) is 5.69 Å². The zero-order valence-corrected chi connectivity index (χ0v) is 31.2. The molecule has 0 aliphatic heterocycles. The summed E-state index contributed by atoms with van der Waals surface area (Å²) in [5.74, 6) is 0. The molecule has 55 heavy (non-hydrogen) atoms. The van der Waals surface area contributed by atoms with Crippen LogP contribution in [0.1, 0.15) is 18.4 Å². The zero-order chi connectivity index (χ0) is 36.3. The summed E-state index contributed by atoms with van der Waals surface area (Å²) in [6, 6.07) is 60.7. The summed E-state index contributed by atoms with van der Waals surface area (Å²) in [5, 5.41) is 7.88. The maximum Gasteiger partial charge on any atom is 0.0589 e. The highest BCUT2D eigenvalue weighted by Crippen LogP contribution is 2.40. The largest absolute Gasteiger partial charge is 0.357 e. The van der Waals surface area contributed by atoms with Crippen LogP contribution in [-0.2, 0) is 0 Å². The molecule has 0 saturated heterocycles. The van der Waals surface area contributed by atoms with E-state index >= 15 is 0 Å². The first kappa shape index (κ1) is 32.0. The molecular formula is C52H38N2S. The van der Waals surface area contributed by atoms with Crippen molar-refractivity contribution < 1.29 is 0 Å². The van der Waals surface area contributed by atoms with Gasteiger partial charge in [-0.15, -0.1) is 11.3 Å². The minimum atomic E-state index is 0.208. The summed E-state index contributed by atoms with van der Waals surface area (Å²) < 4.78 is 5.14. The van der Waals surface area contributed by atoms with Crippen molar-refractivity contribution in [1.29, 1.82) is 0 Å². The Balaban J connectivity index is 1.03. The molecule has 0 amide bonds. The number of anilines is 1. The van der Waals surface area contributed by atoms with Crippen molar-refractivity contribution in [3.63, 3.8) is 0 Å². The number of nitrogens with zero attached hydrogens (tertiary/aromatic N) is 2. The van der Waals surface area contributed by atoms with Gasteiger partial charge in [0.2, 0.25) is 0 Å². The normalized spacial score (nSPS) is 16.5. The molecule has 9 aromatic rings. The predicted octanol–water partition coefficient (Wildman–Crippen LogP) is 12.1. The summed E-state index contributed by atoms with van der Waals surface area (Å²) >= 11 is 1.92. The molecule has 2 aromatic heterocycles. The van der Waals surface area contributed by atoms with Crippen LogP contribution >= 0.6 is 11.3 Å². The lowest BCUT2D eigenvalue weighted by atomic mass is 9.88. The molecule has 0 spiro atoms. The molecule has 0 N–H and O–H groups in total. The van der Waals surface area contributed by atoms with E-state index in [1.54, 1.807) is 0 Å². The second kappa shape index (κ2) is 13.2. The van der Waals surface area contributed by atoms with Crippen LogP contribution < -0.4 is 14.7 Å². The Morgan fingerprint density at radius 2 is 1.31 bits per heavy atom. The molecular weight excluding hydrogens is 685 g/mol. The van der Waals surface area contributed by atoms with E-state index in [1.807, 2.05) is 11.3 Å². The SMILES string of the molecule is C1=CCC(N(c2ccc(-c3ccc4ccc5c(c4c3)c3ccccc3n5-c3ccccc3)cc2)C2C=c3sc4ccccc4c3=CC2)C(c2ccccc2)=C1. The second-order valence-corrected chi connectivity index (χ2v) is 15.8. The monoisotopic (exact) mass is 722 g/mol. The maximum atomic E-state index is 2.69. The molecule has 0 bridgehead atoms. The lowest BCUT2D eigenvalue weighted by molar-refractivity contribution is 0.651. The van der Waals surface area contributed by atoms with Crippen molar-refractivity contribution >= 4 is 77.4 Å². The summed E-state index contributed by atoms with van der Waals surface area (Å²) in [5.41, 5.74) is 10.0. The Hall–Kier alpha value is -6.42. The molecule has 2 aliphatic rings. The van der Waals surface area contributed by atoms with Crippen LogP contribution in [0, 0.1) is 0 Å². The first-order chi connectivity index (χ1) is 27.3. The Kier molecular flexibility index (Phi) is 7.67. The smallest absolute Gasteiger partial charge is 0.0589 e. The highest BCUT2D eigenvalue weighted by Gasteiger charge is 2.30. The van der Waals surface area contributed by atoms with Gasteiger partial charge in [0.25, 0.3) is 0 Å². The Bertz CT molecular complexity index is 3090. The van der Waals surface area contributed by atoms with Gasteiger partial charge in [-0.25, -0.2) is 0 Å². The van der Waals surface area contributed by atoms with Crippen LogP contribution in [0.3, 0.4) is 0 Å². The van der Waals surface area contributed by atoms with E-state index in [0.717, 1.165) is 12.8 Å². The number of hydrogen-bond donors (Lipinski definition) is 0. The van der Waals surface area contributed by atoms with Gasteiger partial charge < -0.3 is 9.47 Å². The number of benzene rings is 7. The zero-order valence-electron chi connectivity index (χ0n) is 30.3. The van der Waals surface area contributed by atoms with E-state index in [9.17, 15) is 0 Å². The first-order valence-electron chi connectivity index (χ1n) is 19.3. The van der Waals surface area contributed by atoms with Crippen LogP contribution in [-0.4, -0.2) is 16.7 Å². The summed E-state index contributed by atoms with van der Waals surface area (Å²) in [7, 11) is 0. The number of aromatic nitrogens is 1. The van der Waals surface area contributed by atoms with Crippen molar-refractivity contribution in [2.45, 2.75) is 24.9 Å². The number of thiophene rings is 1. The topological polar surface area (TPSA) is 8.17 Å². The van der Waals surface area contributed by atoms with Crippen LogP contribution in [0.2, 0.25) is 0 Å². The van der Waals surface area contributed by atoms with Gasteiger partial charge in [-0.05, 0) is 111 Å². The van der Waals surface area contributed by atoms with Crippen molar-refractivity contribution in [2.24, 2.45) is 0 Å². The molecule has 2 aliphatic carbocycles. The van der Waals surface area contributed by atoms with Gasteiger partial charge >= 0.3 is 0 Å². The first-order valence-corrected chi connectivity index (χ1v) is 20.1. The minimum Gasteiger partial charge on any atom is -0.357 e. The number of hydrogen-bond acceptors (Lipinski definition) is 2. The highest BCUT2D eigenvalue weighted by molar-refractivity contribution is 7.17. The third-order valence-corrected chi connectivity index (χ3v) is 12.8. The quantitative estimate of drug-likeness (QED) is 0.166. The number of para-hydroxylation sites is 2. The van der Waals surface area contributed by atoms with E-state index in [-0.39, 0.29) is 12.1 Å². The molecule has 2 unspecified atom stereocenters. The van der Waals surface area contributed by atoms with E-state index in [0.29, 0.717) is 0 Å². The Labute approximate surface area is 324 Å². The molecule has 11 rings (SSSR count). The summed E-state index contributed by atoms with van der Waals surface area (Å²) in [6.07, 6.45) is 13.8. The average Bonchev–Trinajstić information content (AvgIpc) is 3.80. The second-order valence-electron chi connectivity index (χ2n) is 14.8. The minimum absolute atomic E-state index is 0.208. The number of rotatable bonds is 6. The van der Waals surface area contributed by atoms with Crippen molar-refractivity contribution in [3.05, 3.63) is 197 Å². The van der Waals surface area contributed by atoms with Crippen LogP contribution in [0.15, 0.2) is 182 Å². The molecule has 7 aromatic carbocycles. The highest BCUT2D eigenvalue weighted by atomic mass is 32.1. The fourth-order valence-electron chi connectivity index (χ4n) is 9.14. The van der Waals surface area contributed by atoms with Gasteiger partial charge in [0, 0.05) is 31.4 Å². The van der Waals surface area contributed by atoms with Gasteiger partial charge in [-0.1, -0.05) is 140 Å². The van der Waals surface area contributed by atoms with E-state index in [1.165, 1.54) is 86.1 Å². The number of fused-ring (bicyclic) bond motifs is 8. The fourth-order valence-corrected chi connectivity index (χ4v) is 10.3. The van der Waals surface area contributed by atoms with E-state index in [4.69, 9.17) is 0 Å². The molecule has 0 saturated carbocycles. The molecule has 0 fully saturated rings. The van der Waals surface area contributed by atoms with Gasteiger partial charge in [-0.3, -0.25) is 0 Å². The van der Waals surface area contributed by atoms with Crippen LogP contribution in [0.25, 0.3) is 77.2 Å². The Morgan fingerprint density at radius 1 is 0.582 bits per heavy atom. The molecule has 3 heteroatoms.